The zero-order valence-electron chi connectivity index (χ0n) is 40.7. The van der Waals surface area contributed by atoms with E-state index in [1.165, 1.54) is 41.9 Å². The molecule has 0 saturated heterocycles. The molecule has 5 aromatic rings. The Labute approximate surface area is 420 Å². The Balaban J connectivity index is 1.41. The van der Waals surface area contributed by atoms with E-state index in [-0.39, 0.29) is 58.7 Å². The molecule has 3 aromatic carbocycles. The van der Waals surface area contributed by atoms with Gasteiger partial charge in [0.15, 0.2) is 12.5 Å². The van der Waals surface area contributed by atoms with Gasteiger partial charge in [-0.1, -0.05) is 72.7 Å². The van der Waals surface area contributed by atoms with E-state index < -0.39 is 48.6 Å². The van der Waals surface area contributed by atoms with Crippen LogP contribution in [0, 0.1) is 20.8 Å². The molecule has 0 spiro atoms. The van der Waals surface area contributed by atoms with Crippen molar-refractivity contribution in [3.05, 3.63) is 105 Å². The Morgan fingerprint density at radius 3 is 2.32 bits per heavy atom. The number of phenols is 1. The highest BCUT2D eigenvalue weighted by Crippen LogP contribution is 2.53. The number of aryl methyl sites for hydroxylation is 1. The van der Waals surface area contributed by atoms with Crippen LogP contribution in [-0.4, -0.2) is 88.6 Å². The molecule has 0 radical (unpaired) electrons. The lowest BCUT2D eigenvalue weighted by molar-refractivity contribution is -0.163. The predicted molar refractivity (Wildman–Crippen MR) is 276 cm³/mol. The van der Waals surface area contributed by atoms with Crippen LogP contribution in [0.3, 0.4) is 0 Å². The molecule has 13 nitrogen and oxygen atoms in total. The molecule has 0 fully saturated rings. The minimum Gasteiger partial charge on any atom is -0.508 e. The molecule has 2 atom stereocenters. The summed E-state index contributed by atoms with van der Waals surface area (Å²) in [5.74, 6) is -0.0504. The van der Waals surface area contributed by atoms with Crippen LogP contribution in [0.5, 0.6) is 23.1 Å². The third-order valence-electron chi connectivity index (χ3n) is 11.1. The van der Waals surface area contributed by atoms with Crippen molar-refractivity contribution in [2.24, 2.45) is 0 Å². The fraction of sp³-hybridized carbons (Fsp3) is 0.431. The van der Waals surface area contributed by atoms with Gasteiger partial charge in [0.2, 0.25) is 12.0 Å². The molecular weight excluding hydrogens is 980 g/mol. The van der Waals surface area contributed by atoms with Gasteiger partial charge in [-0.2, -0.15) is 8.42 Å². The average Bonchev–Trinajstić information content (AvgIpc) is 3.95. The van der Waals surface area contributed by atoms with Crippen LogP contribution in [-0.2, 0) is 39.7 Å². The minimum absolute atomic E-state index is 0.00126. The number of thiophene rings is 1. The molecule has 1 aliphatic rings. The Kier molecular flexibility index (Phi) is 18.0. The first-order valence-electron chi connectivity index (χ1n) is 22.8. The molecule has 0 bridgehead atoms. The third kappa shape index (κ3) is 14.1. The number of hydrogen-bond acceptors (Lipinski definition) is 14. The number of carbonyl (C=O) groups excluding carboxylic acids is 1. The van der Waals surface area contributed by atoms with E-state index in [0.29, 0.717) is 50.4 Å². The van der Waals surface area contributed by atoms with Crippen LogP contribution >= 0.6 is 34.5 Å². The SMILES string of the molecule is C=CCOC[C@H](COS(=O)(=O)c1ccc(C)cc1)Oc1c(Cl)c(C)c(-c2c(C3=CCCC3)sc3ncnc(O[C@H](Cc4cc(O)ccc4OCOCC[Si](C)(C)C)C(=O)OC(C)(C)C)c23)c(C)c1Cl. The van der Waals surface area contributed by atoms with Crippen molar-refractivity contribution < 1.29 is 50.9 Å². The summed E-state index contributed by atoms with van der Waals surface area (Å²) in [4.78, 5) is 25.1. The predicted octanol–water partition coefficient (Wildman–Crippen LogP) is 12.2. The molecular formula is C51H62Cl2N2O11S2Si. The summed E-state index contributed by atoms with van der Waals surface area (Å²) in [6.07, 6.45) is 5.51. The van der Waals surface area contributed by atoms with Gasteiger partial charge in [-0.3, -0.25) is 4.18 Å². The van der Waals surface area contributed by atoms with Gasteiger partial charge in [0.05, 0.1) is 33.5 Å². The largest absolute Gasteiger partial charge is 0.508 e. The second-order valence-corrected chi connectivity index (χ2v) is 28.1. The maximum atomic E-state index is 14.2. The van der Waals surface area contributed by atoms with Crippen molar-refractivity contribution >= 4 is 74.5 Å². The monoisotopic (exact) mass is 1040 g/mol. The van der Waals surface area contributed by atoms with Gasteiger partial charge in [-0.15, -0.1) is 17.9 Å². The molecule has 0 saturated carbocycles. The molecule has 0 unspecified atom stereocenters. The van der Waals surface area contributed by atoms with Crippen LogP contribution in [0.4, 0.5) is 0 Å². The van der Waals surface area contributed by atoms with Crippen LogP contribution in [0.1, 0.15) is 67.2 Å². The molecule has 1 N–H and O–H groups in total. The molecule has 372 valence electrons. The molecule has 0 aliphatic heterocycles. The van der Waals surface area contributed by atoms with Crippen LogP contribution < -0.4 is 14.2 Å². The fourth-order valence-electron chi connectivity index (χ4n) is 7.54. The second-order valence-electron chi connectivity index (χ2n) is 19.1. The van der Waals surface area contributed by atoms with E-state index in [1.54, 1.807) is 45.0 Å². The number of nitrogens with zero attached hydrogens (tertiary/aromatic N) is 2. The number of aromatic hydroxyl groups is 1. The summed E-state index contributed by atoms with van der Waals surface area (Å²) in [7, 11) is -5.49. The van der Waals surface area contributed by atoms with Crippen molar-refractivity contribution in [2.75, 3.05) is 33.2 Å². The number of halogens is 2. The lowest BCUT2D eigenvalue weighted by atomic mass is 9.91. The summed E-state index contributed by atoms with van der Waals surface area (Å²) in [6, 6.07) is 12.0. The Morgan fingerprint density at radius 2 is 1.68 bits per heavy atom. The van der Waals surface area contributed by atoms with E-state index in [0.717, 1.165) is 41.3 Å². The summed E-state index contributed by atoms with van der Waals surface area (Å²) in [5.41, 5.74) is 4.19. The standard InChI is InChI=1S/C51H62Cl2N2O11S2Si/c1-11-22-60-27-37(28-63-68(58,59)38-19-16-31(2)17-20-38)64-46-44(52)32(3)41(33(4)45(46)53)42-43-48(54-29-55-49(43)67-47(42)34-14-12-13-15-34)65-40(50(57)66-51(5,6)7)26-35-25-36(56)18-21-39(35)62-30-61-23-24-69(8,9)10/h11,14,16-21,25,29,37,40,56H,1,12-13,15,22-24,26-28,30H2,2-10H3/t37-,40-/m1/s1. The normalized spacial score (nSPS) is 14.1. The van der Waals surface area contributed by atoms with Gasteiger partial charge < -0.3 is 33.5 Å². The molecule has 0 amide bonds. The minimum atomic E-state index is -4.16. The zero-order valence-corrected chi connectivity index (χ0v) is 44.8. The van der Waals surface area contributed by atoms with Gasteiger partial charge in [-0.05, 0) is 119 Å². The molecule has 2 aromatic heterocycles. The molecule has 18 heteroatoms. The number of ether oxygens (including phenoxy) is 6. The van der Waals surface area contributed by atoms with E-state index in [9.17, 15) is 18.3 Å². The quantitative estimate of drug-likeness (QED) is 0.0164. The van der Waals surface area contributed by atoms with Gasteiger partial charge in [0.25, 0.3) is 10.1 Å². The number of hydrogen-bond donors (Lipinski definition) is 1. The topological polar surface area (TPSA) is 162 Å². The summed E-state index contributed by atoms with van der Waals surface area (Å²) in [5, 5.41) is 11.5. The zero-order chi connectivity index (χ0) is 50.3. The van der Waals surface area contributed by atoms with Crippen molar-refractivity contribution in [1.82, 2.24) is 9.97 Å². The van der Waals surface area contributed by atoms with Crippen LogP contribution in [0.15, 0.2) is 72.4 Å². The fourth-order valence-corrected chi connectivity index (χ4v) is 11.0. The number of carbonyl (C=O) groups is 1. The number of esters is 1. The Bertz CT molecular complexity index is 2760. The van der Waals surface area contributed by atoms with Crippen molar-refractivity contribution in [3.8, 4) is 34.3 Å². The Morgan fingerprint density at radius 1 is 0.971 bits per heavy atom. The van der Waals surface area contributed by atoms with Crippen molar-refractivity contribution in [2.45, 2.75) is 116 Å². The van der Waals surface area contributed by atoms with Gasteiger partial charge in [0.1, 0.15) is 41.0 Å². The van der Waals surface area contributed by atoms with Crippen LogP contribution in [0.2, 0.25) is 35.7 Å². The van der Waals surface area contributed by atoms with Gasteiger partial charge in [0, 0.05) is 37.1 Å². The second kappa shape index (κ2) is 23.1. The summed E-state index contributed by atoms with van der Waals surface area (Å²) < 4.78 is 68.7. The highest BCUT2D eigenvalue weighted by Gasteiger charge is 2.34. The number of allylic oxidation sites excluding steroid dienone is 2. The maximum absolute atomic E-state index is 14.2. The smallest absolute Gasteiger partial charge is 0.348 e. The molecule has 6 rings (SSSR count). The number of benzene rings is 3. The Hall–Kier alpha value is -4.52. The van der Waals surface area contributed by atoms with E-state index >= 15 is 0 Å². The summed E-state index contributed by atoms with van der Waals surface area (Å²) in [6.45, 7) is 21.6. The van der Waals surface area contributed by atoms with Crippen molar-refractivity contribution in [1.29, 1.82) is 0 Å². The highest BCUT2D eigenvalue weighted by atomic mass is 35.5. The number of rotatable bonds is 23. The maximum Gasteiger partial charge on any atom is 0.348 e. The summed E-state index contributed by atoms with van der Waals surface area (Å²) >= 11 is 16.0. The van der Waals surface area contributed by atoms with E-state index in [1.807, 2.05) is 20.8 Å². The highest BCUT2D eigenvalue weighted by molar-refractivity contribution is 7.86. The number of aromatic nitrogens is 2. The van der Waals surface area contributed by atoms with Gasteiger partial charge in [-0.25, -0.2) is 14.8 Å². The third-order valence-corrected chi connectivity index (χ3v) is 16.1. The molecule has 2 heterocycles. The van der Waals surface area contributed by atoms with E-state index in [2.05, 4.69) is 37.3 Å². The molecule has 69 heavy (non-hydrogen) atoms. The molecule has 1 aliphatic carbocycles. The number of fused-ring (bicyclic) bond motifs is 1. The average molecular weight is 1040 g/mol. The van der Waals surface area contributed by atoms with Crippen LogP contribution in [0.25, 0.3) is 26.9 Å². The lowest BCUT2D eigenvalue weighted by Crippen LogP contribution is -2.37. The van der Waals surface area contributed by atoms with Crippen molar-refractivity contribution in [3.63, 3.8) is 0 Å². The first-order chi connectivity index (χ1) is 32.6. The first kappa shape index (κ1) is 53.8. The first-order valence-corrected chi connectivity index (χ1v) is 29.4. The number of phenolic OH excluding ortho intramolecular Hbond substituents is 1. The van der Waals surface area contributed by atoms with Gasteiger partial charge >= 0.3 is 5.97 Å². The lowest BCUT2D eigenvalue weighted by Gasteiger charge is -2.25. The van der Waals surface area contributed by atoms with E-state index in [4.69, 9.17) is 60.8 Å².